The summed E-state index contributed by atoms with van der Waals surface area (Å²) in [6.45, 7) is 6.34. The Balaban J connectivity index is 1.48. The second-order valence-corrected chi connectivity index (χ2v) is 11.7. The molecule has 0 aromatic heterocycles. The molecule has 32 heavy (non-hydrogen) atoms. The quantitative estimate of drug-likeness (QED) is 0.747. The first-order valence-electron chi connectivity index (χ1n) is 11.9. The highest BCUT2D eigenvalue weighted by molar-refractivity contribution is 7.89. The summed E-state index contributed by atoms with van der Waals surface area (Å²) in [5, 5.41) is 3.21. The minimum absolute atomic E-state index is 0.0106. The number of carbonyl (C=O) groups is 2. The number of anilines is 1. The molecule has 176 valence electrons. The van der Waals surface area contributed by atoms with Gasteiger partial charge in [0.25, 0.3) is 0 Å². The average Bonchev–Trinajstić information content (AvgIpc) is 3.10. The molecular formula is C24H35N3O4S. The number of nitrogens with zero attached hydrogens (tertiary/aromatic N) is 2. The molecule has 8 heteroatoms. The molecule has 4 atom stereocenters. The first-order chi connectivity index (χ1) is 15.2. The van der Waals surface area contributed by atoms with E-state index in [0.717, 1.165) is 30.5 Å². The highest BCUT2D eigenvalue weighted by Crippen LogP contribution is 2.35. The lowest BCUT2D eigenvalue weighted by atomic mass is 9.85. The van der Waals surface area contributed by atoms with E-state index in [-0.39, 0.29) is 41.3 Å². The van der Waals surface area contributed by atoms with Crippen molar-refractivity contribution >= 4 is 27.5 Å². The van der Waals surface area contributed by atoms with Crippen molar-refractivity contribution < 1.29 is 18.0 Å². The summed E-state index contributed by atoms with van der Waals surface area (Å²) in [6.07, 6.45) is 6.53. The summed E-state index contributed by atoms with van der Waals surface area (Å²) < 4.78 is 28.3. The lowest BCUT2D eigenvalue weighted by Gasteiger charge is -2.34. The van der Waals surface area contributed by atoms with Crippen LogP contribution in [0.4, 0.5) is 5.69 Å². The number of carbonyl (C=O) groups excluding carboxylic acids is 2. The Morgan fingerprint density at radius 1 is 1.06 bits per heavy atom. The molecule has 0 spiro atoms. The van der Waals surface area contributed by atoms with E-state index in [1.807, 2.05) is 6.92 Å². The SMILES string of the molecule is CC(=O)N1c2ccc(S(=O)(=O)N3CCCC(C(=O)NC4CCCCC4C)C3)cc2CC1C. The van der Waals surface area contributed by atoms with E-state index in [1.54, 1.807) is 23.1 Å². The Kier molecular flexibility index (Phi) is 6.63. The van der Waals surface area contributed by atoms with Crippen LogP contribution in [-0.4, -0.2) is 49.7 Å². The molecule has 2 heterocycles. The van der Waals surface area contributed by atoms with Crippen LogP contribution in [0.1, 0.15) is 64.9 Å². The molecule has 0 bridgehead atoms. The molecule has 1 aliphatic carbocycles. The molecule has 0 radical (unpaired) electrons. The van der Waals surface area contributed by atoms with Crippen LogP contribution in [0.3, 0.4) is 0 Å². The third-order valence-electron chi connectivity index (χ3n) is 7.44. The van der Waals surface area contributed by atoms with Gasteiger partial charge in [0.2, 0.25) is 21.8 Å². The van der Waals surface area contributed by atoms with Gasteiger partial charge >= 0.3 is 0 Å². The second-order valence-electron chi connectivity index (χ2n) is 9.81. The van der Waals surface area contributed by atoms with E-state index in [4.69, 9.17) is 0 Å². The van der Waals surface area contributed by atoms with Crippen molar-refractivity contribution in [3.8, 4) is 0 Å². The normalized spacial score (nSPS) is 28.9. The fraction of sp³-hybridized carbons (Fsp3) is 0.667. The molecule has 1 aromatic rings. The average molecular weight is 462 g/mol. The number of rotatable bonds is 4. The van der Waals surface area contributed by atoms with Gasteiger partial charge in [-0.25, -0.2) is 8.42 Å². The van der Waals surface area contributed by atoms with Gasteiger partial charge in [-0.3, -0.25) is 9.59 Å². The van der Waals surface area contributed by atoms with E-state index >= 15 is 0 Å². The van der Waals surface area contributed by atoms with Gasteiger partial charge in [-0.1, -0.05) is 19.8 Å². The van der Waals surface area contributed by atoms with Crippen LogP contribution in [-0.2, 0) is 26.0 Å². The molecule has 7 nitrogen and oxygen atoms in total. The summed E-state index contributed by atoms with van der Waals surface area (Å²) in [5.74, 6) is 0.113. The van der Waals surface area contributed by atoms with Gasteiger partial charge in [0.1, 0.15) is 0 Å². The maximum atomic E-state index is 13.4. The van der Waals surface area contributed by atoms with Crippen molar-refractivity contribution in [1.82, 2.24) is 9.62 Å². The summed E-state index contributed by atoms with van der Waals surface area (Å²) in [6, 6.07) is 5.26. The number of sulfonamides is 1. The summed E-state index contributed by atoms with van der Waals surface area (Å²) in [4.78, 5) is 26.9. The highest BCUT2D eigenvalue weighted by atomic mass is 32.2. The summed E-state index contributed by atoms with van der Waals surface area (Å²) >= 11 is 0. The molecule has 1 saturated carbocycles. The second kappa shape index (κ2) is 9.14. The zero-order valence-corrected chi connectivity index (χ0v) is 20.2. The number of amides is 2. The van der Waals surface area contributed by atoms with Crippen molar-refractivity contribution in [3.63, 3.8) is 0 Å². The maximum Gasteiger partial charge on any atom is 0.243 e. The summed E-state index contributed by atoms with van der Waals surface area (Å²) in [7, 11) is -3.70. The first kappa shape index (κ1) is 23.2. The number of hydrogen-bond acceptors (Lipinski definition) is 4. The molecule has 2 fully saturated rings. The standard InChI is InChI=1S/C24H35N3O4S/c1-16-7-4-5-9-22(16)25-24(29)19-8-6-12-26(15-19)32(30,31)21-10-11-23-20(14-21)13-17(2)27(23)18(3)28/h10-11,14,16-17,19,22H,4-9,12-13,15H2,1-3H3,(H,25,29). The molecule has 2 aliphatic heterocycles. The fourth-order valence-corrected chi connectivity index (χ4v) is 7.18. The molecule has 3 aliphatic rings. The van der Waals surface area contributed by atoms with E-state index in [0.29, 0.717) is 31.7 Å². The lowest BCUT2D eigenvalue weighted by molar-refractivity contribution is -0.127. The smallest absolute Gasteiger partial charge is 0.243 e. The van der Waals surface area contributed by atoms with Gasteiger partial charge in [0.05, 0.1) is 10.8 Å². The van der Waals surface area contributed by atoms with Crippen LogP contribution in [0.5, 0.6) is 0 Å². The van der Waals surface area contributed by atoms with E-state index in [9.17, 15) is 18.0 Å². The van der Waals surface area contributed by atoms with E-state index in [2.05, 4.69) is 12.2 Å². The Bertz CT molecular complexity index is 993. The van der Waals surface area contributed by atoms with Crippen molar-refractivity contribution in [2.45, 2.75) is 82.7 Å². The third-order valence-corrected chi connectivity index (χ3v) is 9.30. The fourth-order valence-electron chi connectivity index (χ4n) is 5.60. The van der Waals surface area contributed by atoms with Gasteiger partial charge in [-0.15, -0.1) is 0 Å². The number of fused-ring (bicyclic) bond motifs is 1. The van der Waals surface area contributed by atoms with Crippen LogP contribution >= 0.6 is 0 Å². The molecule has 4 rings (SSSR count). The number of hydrogen-bond donors (Lipinski definition) is 1. The topological polar surface area (TPSA) is 86.8 Å². The molecule has 1 N–H and O–H groups in total. The Hall–Kier alpha value is -1.93. The minimum atomic E-state index is -3.70. The predicted molar refractivity (Wildman–Crippen MR) is 124 cm³/mol. The molecular weight excluding hydrogens is 426 g/mol. The van der Waals surface area contributed by atoms with Gasteiger partial charge in [0, 0.05) is 37.8 Å². The lowest BCUT2D eigenvalue weighted by Crippen LogP contribution is -2.49. The van der Waals surface area contributed by atoms with Crippen LogP contribution in [0, 0.1) is 11.8 Å². The van der Waals surface area contributed by atoms with Gasteiger partial charge < -0.3 is 10.2 Å². The first-order valence-corrected chi connectivity index (χ1v) is 13.4. The van der Waals surface area contributed by atoms with Crippen molar-refractivity contribution in [3.05, 3.63) is 23.8 Å². The minimum Gasteiger partial charge on any atom is -0.353 e. The Morgan fingerprint density at radius 3 is 2.53 bits per heavy atom. The number of nitrogens with one attached hydrogen (secondary N) is 1. The van der Waals surface area contributed by atoms with Crippen molar-refractivity contribution in [2.75, 3.05) is 18.0 Å². The third kappa shape index (κ3) is 4.44. The van der Waals surface area contributed by atoms with Crippen LogP contribution in [0.15, 0.2) is 23.1 Å². The Labute approximate surface area is 191 Å². The summed E-state index contributed by atoms with van der Waals surface area (Å²) in [5.41, 5.74) is 1.67. The molecule has 4 unspecified atom stereocenters. The van der Waals surface area contributed by atoms with E-state index < -0.39 is 10.0 Å². The maximum absolute atomic E-state index is 13.4. The van der Waals surface area contributed by atoms with Crippen molar-refractivity contribution in [1.29, 1.82) is 0 Å². The van der Waals surface area contributed by atoms with Crippen molar-refractivity contribution in [2.24, 2.45) is 11.8 Å². The monoisotopic (exact) mass is 461 g/mol. The Morgan fingerprint density at radius 2 is 1.81 bits per heavy atom. The zero-order valence-electron chi connectivity index (χ0n) is 19.3. The predicted octanol–water partition coefficient (Wildman–Crippen LogP) is 3.08. The van der Waals surface area contributed by atoms with Gasteiger partial charge in [-0.05, 0) is 68.7 Å². The van der Waals surface area contributed by atoms with Gasteiger partial charge in [-0.2, -0.15) is 4.31 Å². The van der Waals surface area contributed by atoms with E-state index in [1.165, 1.54) is 17.6 Å². The zero-order chi connectivity index (χ0) is 23.0. The van der Waals surface area contributed by atoms with Crippen LogP contribution in [0.2, 0.25) is 0 Å². The number of piperidine rings is 1. The number of benzene rings is 1. The highest BCUT2D eigenvalue weighted by Gasteiger charge is 2.36. The van der Waals surface area contributed by atoms with Crippen LogP contribution < -0.4 is 10.2 Å². The molecule has 1 aromatic carbocycles. The largest absolute Gasteiger partial charge is 0.353 e. The van der Waals surface area contributed by atoms with Gasteiger partial charge in [0.15, 0.2) is 0 Å². The molecule has 1 saturated heterocycles. The molecule has 2 amide bonds. The van der Waals surface area contributed by atoms with Crippen LogP contribution in [0.25, 0.3) is 0 Å².